The van der Waals surface area contributed by atoms with E-state index in [2.05, 4.69) is 10.6 Å². The highest BCUT2D eigenvalue weighted by molar-refractivity contribution is 7.99. The molecule has 1 aromatic carbocycles. The fourth-order valence-electron chi connectivity index (χ4n) is 1.86. The van der Waals surface area contributed by atoms with Crippen LogP contribution in [0, 0.1) is 5.92 Å². The van der Waals surface area contributed by atoms with E-state index in [9.17, 15) is 18.7 Å². The van der Waals surface area contributed by atoms with Crippen LogP contribution in [0.5, 0.6) is 0 Å². The number of alkyl halides is 2. The zero-order valence-electron chi connectivity index (χ0n) is 12.0. The molecule has 0 spiro atoms. The van der Waals surface area contributed by atoms with Crippen molar-refractivity contribution in [1.29, 1.82) is 0 Å². The van der Waals surface area contributed by atoms with Gasteiger partial charge in [-0.1, -0.05) is 24.8 Å². The highest BCUT2D eigenvalue weighted by atomic mass is 32.2. The third kappa shape index (κ3) is 7.87. The summed E-state index contributed by atoms with van der Waals surface area (Å²) in [6, 6.07) is 5.90. The first-order valence-corrected chi connectivity index (χ1v) is 7.52. The number of carbonyl (C=O) groups is 1. The van der Waals surface area contributed by atoms with Gasteiger partial charge < -0.3 is 15.7 Å². The second-order valence-electron chi connectivity index (χ2n) is 4.93. The number of anilines is 1. The lowest BCUT2D eigenvalue weighted by atomic mass is 10.1. The molecule has 0 fully saturated rings. The van der Waals surface area contributed by atoms with Gasteiger partial charge in [0, 0.05) is 17.1 Å². The molecule has 4 nitrogen and oxygen atoms in total. The summed E-state index contributed by atoms with van der Waals surface area (Å²) in [4.78, 5) is 12.1. The predicted octanol–water partition coefficient (Wildman–Crippen LogP) is 3.53. The molecule has 118 valence electrons. The fourth-order valence-corrected chi connectivity index (χ4v) is 2.42. The Morgan fingerprint density at radius 1 is 1.38 bits per heavy atom. The number of halogens is 2. The van der Waals surface area contributed by atoms with Crippen molar-refractivity contribution in [2.24, 2.45) is 5.92 Å². The number of urea groups is 1. The molecule has 1 aromatic rings. The van der Waals surface area contributed by atoms with Crippen LogP contribution in [-0.2, 0) is 0 Å². The topological polar surface area (TPSA) is 61.4 Å². The van der Waals surface area contributed by atoms with Crippen LogP contribution < -0.4 is 10.6 Å². The van der Waals surface area contributed by atoms with E-state index in [1.165, 1.54) is 6.07 Å². The largest absolute Gasteiger partial charge is 0.393 e. The number of aliphatic hydroxyl groups excluding tert-OH is 1. The number of hydrogen-bond donors (Lipinski definition) is 3. The van der Waals surface area contributed by atoms with Gasteiger partial charge in [-0.2, -0.15) is 8.78 Å². The molecule has 2 unspecified atom stereocenters. The molecule has 1 rings (SSSR count). The van der Waals surface area contributed by atoms with E-state index >= 15 is 0 Å². The molecule has 2 amide bonds. The Morgan fingerprint density at radius 3 is 2.71 bits per heavy atom. The van der Waals surface area contributed by atoms with Gasteiger partial charge in [0.15, 0.2) is 0 Å². The molecule has 0 aromatic heterocycles. The smallest absolute Gasteiger partial charge is 0.319 e. The van der Waals surface area contributed by atoms with Gasteiger partial charge in [-0.15, -0.1) is 0 Å². The van der Waals surface area contributed by atoms with Crippen molar-refractivity contribution in [1.82, 2.24) is 5.32 Å². The average Bonchev–Trinajstić information content (AvgIpc) is 2.35. The number of rotatable bonds is 7. The number of carbonyl (C=O) groups excluding carboxylic acids is 1. The van der Waals surface area contributed by atoms with Crippen molar-refractivity contribution in [2.75, 3.05) is 11.9 Å². The third-order valence-electron chi connectivity index (χ3n) is 2.67. The van der Waals surface area contributed by atoms with Crippen molar-refractivity contribution < 1.29 is 18.7 Å². The quantitative estimate of drug-likeness (QED) is 0.674. The zero-order chi connectivity index (χ0) is 15.8. The summed E-state index contributed by atoms with van der Waals surface area (Å²) in [6.07, 6.45) is 0.189. The normalized spacial score (nSPS) is 13.8. The molecule has 7 heteroatoms. The summed E-state index contributed by atoms with van der Waals surface area (Å²) in [5.41, 5.74) is 0.460. The lowest BCUT2D eigenvalue weighted by Gasteiger charge is -2.14. The summed E-state index contributed by atoms with van der Waals surface area (Å²) >= 11 is 0.432. The molecule has 0 aliphatic carbocycles. The van der Waals surface area contributed by atoms with E-state index in [0.717, 1.165) is 0 Å². The standard InChI is InChI=1S/C14H20F2N2O2S/c1-9(6-10(2)19)8-17-14(20)18-11-4-3-5-12(7-11)21-13(15)16/h3-5,7,9-10,13,19H,6,8H2,1-2H3,(H2,17,18,20). The third-order valence-corrected chi connectivity index (χ3v) is 3.38. The number of thioether (sulfide) groups is 1. The Labute approximate surface area is 127 Å². The monoisotopic (exact) mass is 318 g/mol. The molecular formula is C14H20F2N2O2S. The van der Waals surface area contributed by atoms with Crippen LogP contribution in [0.15, 0.2) is 29.2 Å². The van der Waals surface area contributed by atoms with Gasteiger partial charge in [-0.05, 0) is 37.5 Å². The van der Waals surface area contributed by atoms with Crippen LogP contribution in [-0.4, -0.2) is 29.5 Å². The number of benzene rings is 1. The molecule has 0 radical (unpaired) electrons. The van der Waals surface area contributed by atoms with Gasteiger partial charge in [0.05, 0.1) is 6.10 Å². The molecule has 0 aliphatic rings. The molecule has 0 saturated carbocycles. The van der Waals surface area contributed by atoms with Crippen molar-refractivity contribution in [3.05, 3.63) is 24.3 Å². The van der Waals surface area contributed by atoms with Crippen LogP contribution in [0.25, 0.3) is 0 Å². The number of amides is 2. The van der Waals surface area contributed by atoms with Gasteiger partial charge in [0.2, 0.25) is 0 Å². The number of hydrogen-bond acceptors (Lipinski definition) is 3. The van der Waals surface area contributed by atoms with Crippen LogP contribution in [0.4, 0.5) is 19.3 Å². The second kappa shape index (κ2) is 8.84. The van der Waals surface area contributed by atoms with Crippen LogP contribution in [0.1, 0.15) is 20.3 Å². The Kier molecular flexibility index (Phi) is 7.45. The minimum atomic E-state index is -2.49. The first-order chi connectivity index (χ1) is 9.86. The Hall–Kier alpha value is -1.34. The van der Waals surface area contributed by atoms with Crippen LogP contribution in [0.3, 0.4) is 0 Å². The summed E-state index contributed by atoms with van der Waals surface area (Å²) < 4.78 is 24.5. The summed E-state index contributed by atoms with van der Waals surface area (Å²) in [6.45, 7) is 4.05. The highest BCUT2D eigenvalue weighted by Gasteiger charge is 2.09. The second-order valence-corrected chi connectivity index (χ2v) is 5.99. The van der Waals surface area contributed by atoms with Crippen molar-refractivity contribution in [2.45, 2.75) is 37.0 Å². The van der Waals surface area contributed by atoms with Crippen molar-refractivity contribution >= 4 is 23.5 Å². The van der Waals surface area contributed by atoms with E-state index < -0.39 is 17.9 Å². The van der Waals surface area contributed by atoms with Gasteiger partial charge in [-0.3, -0.25) is 0 Å². The molecule has 0 bridgehead atoms. The average molecular weight is 318 g/mol. The van der Waals surface area contributed by atoms with Gasteiger partial charge in [-0.25, -0.2) is 4.79 Å². The molecule has 0 heterocycles. The number of nitrogens with one attached hydrogen (secondary N) is 2. The summed E-state index contributed by atoms with van der Waals surface area (Å²) in [5, 5.41) is 14.5. The van der Waals surface area contributed by atoms with Crippen molar-refractivity contribution in [3.63, 3.8) is 0 Å². The Morgan fingerprint density at radius 2 is 2.10 bits per heavy atom. The Bertz CT molecular complexity index is 458. The molecule has 0 aliphatic heterocycles. The molecule has 3 N–H and O–H groups in total. The number of aliphatic hydroxyl groups is 1. The lowest BCUT2D eigenvalue weighted by molar-refractivity contribution is 0.163. The minimum Gasteiger partial charge on any atom is -0.393 e. The van der Waals surface area contributed by atoms with E-state index in [1.807, 2.05) is 6.92 Å². The fraction of sp³-hybridized carbons (Fsp3) is 0.500. The van der Waals surface area contributed by atoms with Crippen molar-refractivity contribution in [3.8, 4) is 0 Å². The highest BCUT2D eigenvalue weighted by Crippen LogP contribution is 2.27. The molecular weight excluding hydrogens is 298 g/mol. The SMILES string of the molecule is CC(O)CC(C)CNC(=O)Nc1cccc(SC(F)F)c1. The van der Waals surface area contributed by atoms with Crippen LogP contribution in [0.2, 0.25) is 0 Å². The minimum absolute atomic E-state index is 0.150. The van der Waals surface area contributed by atoms with Crippen LogP contribution >= 0.6 is 11.8 Å². The van der Waals surface area contributed by atoms with Gasteiger partial charge in [0.25, 0.3) is 5.76 Å². The van der Waals surface area contributed by atoms with E-state index in [1.54, 1.807) is 25.1 Å². The molecule has 21 heavy (non-hydrogen) atoms. The lowest BCUT2D eigenvalue weighted by Crippen LogP contribution is -2.33. The van der Waals surface area contributed by atoms with E-state index in [0.29, 0.717) is 35.3 Å². The zero-order valence-corrected chi connectivity index (χ0v) is 12.8. The first-order valence-electron chi connectivity index (χ1n) is 6.64. The summed E-state index contributed by atoms with van der Waals surface area (Å²) in [5.74, 6) is -2.34. The maximum Gasteiger partial charge on any atom is 0.319 e. The van der Waals surface area contributed by atoms with E-state index in [4.69, 9.17) is 0 Å². The predicted molar refractivity (Wildman–Crippen MR) is 80.8 cm³/mol. The molecule has 2 atom stereocenters. The van der Waals surface area contributed by atoms with Gasteiger partial charge >= 0.3 is 6.03 Å². The summed E-state index contributed by atoms with van der Waals surface area (Å²) in [7, 11) is 0. The van der Waals surface area contributed by atoms with Gasteiger partial charge in [0.1, 0.15) is 0 Å². The first kappa shape index (κ1) is 17.7. The maximum atomic E-state index is 12.3. The molecule has 0 saturated heterocycles. The Balaban J connectivity index is 2.44. The maximum absolute atomic E-state index is 12.3. The van der Waals surface area contributed by atoms with E-state index in [-0.39, 0.29) is 5.92 Å².